The van der Waals surface area contributed by atoms with Crippen LogP contribution in [0.3, 0.4) is 0 Å². The van der Waals surface area contributed by atoms with Gasteiger partial charge in [0.25, 0.3) is 0 Å². The van der Waals surface area contributed by atoms with Crippen molar-refractivity contribution in [3.63, 3.8) is 0 Å². The van der Waals surface area contributed by atoms with Gasteiger partial charge in [-0.1, -0.05) is 6.92 Å². The van der Waals surface area contributed by atoms with E-state index in [9.17, 15) is 9.59 Å². The molecular formula is C22H33ClN2O3. The Kier molecular flexibility index (Phi) is 8.77. The van der Waals surface area contributed by atoms with Crippen molar-refractivity contribution >= 4 is 24.1 Å². The molecule has 0 saturated carbocycles. The van der Waals surface area contributed by atoms with E-state index in [1.54, 1.807) is 7.11 Å². The van der Waals surface area contributed by atoms with Crippen LogP contribution in [0.1, 0.15) is 49.4 Å². The van der Waals surface area contributed by atoms with Gasteiger partial charge in [0.1, 0.15) is 5.75 Å². The van der Waals surface area contributed by atoms with Gasteiger partial charge in [-0.2, -0.15) is 0 Å². The largest absolute Gasteiger partial charge is 0.497 e. The minimum absolute atomic E-state index is 0. The third-order valence-electron chi connectivity index (χ3n) is 6.23. The summed E-state index contributed by atoms with van der Waals surface area (Å²) < 4.78 is 5.15. The molecule has 1 aromatic rings. The highest BCUT2D eigenvalue weighted by Gasteiger charge is 2.30. The smallest absolute Gasteiger partial charge is 0.222 e. The fraction of sp³-hybridized carbons (Fsp3) is 0.636. The number of nitrogens with one attached hydrogen (secondary N) is 1. The average Bonchev–Trinajstić information content (AvgIpc) is 2.74. The average molecular weight is 409 g/mol. The zero-order valence-electron chi connectivity index (χ0n) is 17.0. The van der Waals surface area contributed by atoms with Crippen molar-refractivity contribution in [2.75, 3.05) is 33.3 Å². The first-order chi connectivity index (χ1) is 13.1. The molecule has 0 aromatic heterocycles. The number of nitrogens with zero attached hydrogens (tertiary/aromatic N) is 1. The number of methoxy groups -OCH3 is 1. The van der Waals surface area contributed by atoms with Gasteiger partial charge in [-0.15, -0.1) is 12.4 Å². The number of halogens is 1. The van der Waals surface area contributed by atoms with Crippen molar-refractivity contribution in [3.05, 3.63) is 29.8 Å². The van der Waals surface area contributed by atoms with E-state index in [4.69, 9.17) is 4.74 Å². The first kappa shape index (κ1) is 22.7. The van der Waals surface area contributed by atoms with E-state index in [0.717, 1.165) is 37.2 Å². The second kappa shape index (κ2) is 10.8. The van der Waals surface area contributed by atoms with Crippen molar-refractivity contribution in [1.29, 1.82) is 0 Å². The van der Waals surface area contributed by atoms with E-state index < -0.39 is 0 Å². The molecule has 2 unspecified atom stereocenters. The first-order valence-corrected chi connectivity index (χ1v) is 10.2. The molecule has 1 aromatic carbocycles. The van der Waals surface area contributed by atoms with Crippen molar-refractivity contribution in [1.82, 2.24) is 10.2 Å². The predicted octanol–water partition coefficient (Wildman–Crippen LogP) is 3.56. The fourth-order valence-electron chi connectivity index (χ4n) is 4.32. The van der Waals surface area contributed by atoms with E-state index in [-0.39, 0.29) is 30.0 Å². The highest BCUT2D eigenvalue weighted by Crippen LogP contribution is 2.26. The molecule has 6 heteroatoms. The van der Waals surface area contributed by atoms with Crippen LogP contribution in [0, 0.1) is 17.8 Å². The molecule has 156 valence electrons. The molecule has 0 aliphatic carbocycles. The second-order valence-corrected chi connectivity index (χ2v) is 8.04. The van der Waals surface area contributed by atoms with Crippen LogP contribution in [-0.4, -0.2) is 49.9 Å². The highest BCUT2D eigenvalue weighted by molar-refractivity contribution is 5.98. The third-order valence-corrected chi connectivity index (χ3v) is 6.23. The summed E-state index contributed by atoms with van der Waals surface area (Å²) in [7, 11) is 1.62. The molecule has 0 radical (unpaired) electrons. The van der Waals surface area contributed by atoms with Crippen molar-refractivity contribution < 1.29 is 14.3 Å². The zero-order valence-corrected chi connectivity index (χ0v) is 17.8. The molecule has 0 spiro atoms. The third kappa shape index (κ3) is 5.71. The van der Waals surface area contributed by atoms with Gasteiger partial charge in [0.2, 0.25) is 5.91 Å². The summed E-state index contributed by atoms with van der Waals surface area (Å²) >= 11 is 0. The predicted molar refractivity (Wildman–Crippen MR) is 113 cm³/mol. The Morgan fingerprint density at radius 2 is 1.86 bits per heavy atom. The Labute approximate surface area is 174 Å². The maximum absolute atomic E-state index is 12.7. The molecule has 3 rings (SSSR count). The summed E-state index contributed by atoms with van der Waals surface area (Å²) in [6, 6.07) is 7.32. The normalized spacial score (nSPS) is 21.5. The summed E-state index contributed by atoms with van der Waals surface area (Å²) in [6.07, 6.45) is 4.58. The Morgan fingerprint density at radius 3 is 2.43 bits per heavy atom. The number of amides is 1. The van der Waals surface area contributed by atoms with Crippen molar-refractivity contribution in [2.24, 2.45) is 17.8 Å². The number of hydrogen-bond donors (Lipinski definition) is 1. The molecular weight excluding hydrogens is 376 g/mol. The Balaban J connectivity index is 0.00000280. The quantitative estimate of drug-likeness (QED) is 0.731. The van der Waals surface area contributed by atoms with Crippen molar-refractivity contribution in [2.45, 2.75) is 39.0 Å². The molecule has 1 N–H and O–H groups in total. The monoisotopic (exact) mass is 408 g/mol. The van der Waals surface area contributed by atoms with E-state index in [2.05, 4.69) is 12.2 Å². The summed E-state index contributed by atoms with van der Waals surface area (Å²) in [5.41, 5.74) is 0.735. The van der Waals surface area contributed by atoms with Gasteiger partial charge in [-0.25, -0.2) is 0 Å². The van der Waals surface area contributed by atoms with Crippen LogP contribution in [0.25, 0.3) is 0 Å². The maximum Gasteiger partial charge on any atom is 0.222 e. The Hall–Kier alpha value is -1.59. The van der Waals surface area contributed by atoms with Crippen LogP contribution in [0.2, 0.25) is 0 Å². The fourth-order valence-corrected chi connectivity index (χ4v) is 4.32. The van der Waals surface area contributed by atoms with E-state index in [0.29, 0.717) is 31.3 Å². The lowest BCUT2D eigenvalue weighted by Gasteiger charge is -2.34. The van der Waals surface area contributed by atoms with Crippen LogP contribution < -0.4 is 10.1 Å². The van der Waals surface area contributed by atoms with Crippen molar-refractivity contribution in [3.8, 4) is 5.75 Å². The summed E-state index contributed by atoms with van der Waals surface area (Å²) in [6.45, 7) is 5.73. The molecule has 2 fully saturated rings. The van der Waals surface area contributed by atoms with Crippen LogP contribution in [0.15, 0.2) is 24.3 Å². The second-order valence-electron chi connectivity index (χ2n) is 8.04. The highest BCUT2D eigenvalue weighted by atomic mass is 35.5. The number of carbonyl (C=O) groups excluding carboxylic acids is 2. The van der Waals surface area contributed by atoms with E-state index >= 15 is 0 Å². The summed E-state index contributed by atoms with van der Waals surface area (Å²) in [4.78, 5) is 27.3. The van der Waals surface area contributed by atoms with Crippen LogP contribution in [0.5, 0.6) is 5.75 Å². The van der Waals surface area contributed by atoms with Gasteiger partial charge in [-0.05, 0) is 74.9 Å². The Bertz CT molecular complexity index is 636. The number of ether oxygens (including phenoxy) is 1. The lowest BCUT2D eigenvalue weighted by Crippen LogP contribution is -2.42. The lowest BCUT2D eigenvalue weighted by atomic mass is 9.84. The molecule has 2 heterocycles. The summed E-state index contributed by atoms with van der Waals surface area (Å²) in [5.74, 6) is 2.24. The minimum Gasteiger partial charge on any atom is -0.497 e. The topological polar surface area (TPSA) is 58.6 Å². The number of rotatable bonds is 6. The molecule has 2 saturated heterocycles. The van der Waals surface area contributed by atoms with Crippen LogP contribution in [0.4, 0.5) is 0 Å². The van der Waals surface area contributed by atoms with Gasteiger partial charge >= 0.3 is 0 Å². The molecule has 28 heavy (non-hydrogen) atoms. The molecule has 0 bridgehead atoms. The summed E-state index contributed by atoms with van der Waals surface area (Å²) in [5, 5.41) is 3.44. The maximum atomic E-state index is 12.7. The molecule has 2 aliphatic heterocycles. The standard InChI is InChI=1S/C22H32N2O3.ClH/c1-16(19-4-3-11-23-15-19)14-21(25)24-12-9-18(10-13-24)22(26)17-5-7-20(27-2)8-6-17;/h5-8,16,18-19,23H,3-4,9-15H2,1-2H3;1H. The Morgan fingerprint density at radius 1 is 1.18 bits per heavy atom. The number of ketones is 1. The number of carbonyl (C=O) groups is 2. The first-order valence-electron chi connectivity index (χ1n) is 10.2. The van der Waals surface area contributed by atoms with Gasteiger partial charge in [0, 0.05) is 31.0 Å². The van der Waals surface area contributed by atoms with E-state index in [1.807, 2.05) is 29.2 Å². The number of piperidine rings is 2. The number of benzene rings is 1. The minimum atomic E-state index is 0. The van der Waals surface area contributed by atoms with Crippen LogP contribution >= 0.6 is 12.4 Å². The number of hydrogen-bond acceptors (Lipinski definition) is 4. The number of Topliss-reactive ketones (excluding diaryl/α,β-unsaturated/α-hetero) is 1. The van der Waals surface area contributed by atoms with Crippen LogP contribution in [-0.2, 0) is 4.79 Å². The molecule has 5 nitrogen and oxygen atoms in total. The van der Waals surface area contributed by atoms with Gasteiger partial charge in [0.05, 0.1) is 7.11 Å². The van der Waals surface area contributed by atoms with Gasteiger partial charge in [0.15, 0.2) is 5.78 Å². The van der Waals surface area contributed by atoms with Gasteiger partial charge in [-0.3, -0.25) is 9.59 Å². The number of likely N-dealkylation sites (tertiary alicyclic amines) is 1. The molecule has 1 amide bonds. The SMILES string of the molecule is COc1ccc(C(=O)C2CCN(C(=O)CC(C)C3CCCNC3)CC2)cc1.Cl. The molecule has 2 atom stereocenters. The van der Waals surface area contributed by atoms with E-state index in [1.165, 1.54) is 12.8 Å². The lowest BCUT2D eigenvalue weighted by molar-refractivity contribution is -0.133. The van der Waals surface area contributed by atoms with Gasteiger partial charge < -0.3 is 15.0 Å². The zero-order chi connectivity index (χ0) is 19.2. The molecule has 2 aliphatic rings.